The molecule has 11 heavy (non-hydrogen) atoms. The highest BCUT2D eigenvalue weighted by Crippen LogP contribution is 2.18. The highest BCUT2D eigenvalue weighted by Gasteiger charge is 2.19. The maximum absolute atomic E-state index is 10.8. The minimum atomic E-state index is -0.262. The summed E-state index contributed by atoms with van der Waals surface area (Å²) in [6.45, 7) is 5.60. The molecule has 2 heteroatoms. The van der Waals surface area contributed by atoms with E-state index in [1.54, 1.807) is 6.92 Å². The lowest BCUT2D eigenvalue weighted by Crippen LogP contribution is -2.15. The number of esters is 1. The van der Waals surface area contributed by atoms with Crippen molar-refractivity contribution >= 4 is 5.97 Å². The molecule has 0 spiro atoms. The second-order valence-electron chi connectivity index (χ2n) is 3.01. The Hall–Kier alpha value is -0.970. The Morgan fingerprint density at radius 1 is 1.55 bits per heavy atom. The molecule has 0 saturated carbocycles. The van der Waals surface area contributed by atoms with E-state index in [1.165, 1.54) is 7.11 Å². The van der Waals surface area contributed by atoms with Crippen LogP contribution in [0.1, 0.15) is 27.2 Å². The maximum Gasteiger partial charge on any atom is 0.307 e. The maximum atomic E-state index is 10.8. The molecule has 0 radical (unpaired) electrons. The molecular formula is C9H14O2. The van der Waals surface area contributed by atoms with E-state index in [1.807, 2.05) is 13.8 Å². The average Bonchev–Trinajstić information content (AvgIpc) is 1.86. The Labute approximate surface area is 67.9 Å². The van der Waals surface area contributed by atoms with Crippen LogP contribution in [0.25, 0.3) is 0 Å². The van der Waals surface area contributed by atoms with Gasteiger partial charge in [0.15, 0.2) is 0 Å². The third kappa shape index (κ3) is 4.44. The van der Waals surface area contributed by atoms with Crippen LogP contribution in [0.15, 0.2) is 0 Å². The Kier molecular flexibility index (Phi) is 3.67. The summed E-state index contributed by atoms with van der Waals surface area (Å²) in [5, 5.41) is 0. The second kappa shape index (κ2) is 4.02. The molecule has 0 aromatic heterocycles. The van der Waals surface area contributed by atoms with Gasteiger partial charge in [0.1, 0.15) is 0 Å². The van der Waals surface area contributed by atoms with Crippen molar-refractivity contribution < 1.29 is 9.53 Å². The van der Waals surface area contributed by atoms with Crippen molar-refractivity contribution in [1.29, 1.82) is 0 Å². The predicted molar refractivity (Wildman–Crippen MR) is 43.9 cm³/mol. The van der Waals surface area contributed by atoms with Gasteiger partial charge in [-0.15, -0.1) is 5.92 Å². The van der Waals surface area contributed by atoms with Crippen LogP contribution >= 0.6 is 0 Å². The standard InChI is InChI=1S/C9H14O2/c1-5-6-9(2,3)7-8(10)11-4/h7H2,1-4H3. The monoisotopic (exact) mass is 154 g/mol. The summed E-state index contributed by atoms with van der Waals surface area (Å²) < 4.78 is 4.53. The summed E-state index contributed by atoms with van der Waals surface area (Å²) in [7, 11) is 1.39. The molecule has 0 saturated heterocycles. The van der Waals surface area contributed by atoms with Crippen LogP contribution in [0, 0.1) is 17.3 Å². The molecule has 0 atom stereocenters. The summed E-state index contributed by atoms with van der Waals surface area (Å²) in [6, 6.07) is 0. The van der Waals surface area contributed by atoms with Gasteiger partial charge in [-0.3, -0.25) is 4.79 Å². The fraction of sp³-hybridized carbons (Fsp3) is 0.667. The van der Waals surface area contributed by atoms with E-state index in [2.05, 4.69) is 16.6 Å². The molecule has 0 rings (SSSR count). The third-order valence-electron chi connectivity index (χ3n) is 1.28. The first kappa shape index (κ1) is 10.0. The van der Waals surface area contributed by atoms with Gasteiger partial charge in [-0.2, -0.15) is 0 Å². The smallest absolute Gasteiger partial charge is 0.307 e. The van der Waals surface area contributed by atoms with Crippen molar-refractivity contribution in [3.63, 3.8) is 0 Å². The molecule has 0 aliphatic rings. The van der Waals surface area contributed by atoms with Gasteiger partial charge in [0.05, 0.1) is 13.5 Å². The Bertz CT molecular complexity index is 193. The van der Waals surface area contributed by atoms with Crippen LogP contribution in [0.5, 0.6) is 0 Å². The van der Waals surface area contributed by atoms with Crippen LogP contribution in [0.3, 0.4) is 0 Å². The predicted octanol–water partition coefficient (Wildman–Crippen LogP) is 1.60. The lowest BCUT2D eigenvalue weighted by Gasteiger charge is -2.14. The van der Waals surface area contributed by atoms with E-state index >= 15 is 0 Å². The number of carbonyl (C=O) groups excluding carboxylic acids is 1. The first-order chi connectivity index (χ1) is 5.02. The van der Waals surface area contributed by atoms with E-state index in [0.29, 0.717) is 6.42 Å². The van der Waals surface area contributed by atoms with Gasteiger partial charge in [-0.25, -0.2) is 0 Å². The molecule has 0 N–H and O–H groups in total. The molecule has 0 aliphatic heterocycles. The van der Waals surface area contributed by atoms with Crippen molar-refractivity contribution in [2.75, 3.05) is 7.11 Å². The molecule has 62 valence electrons. The normalized spacial score (nSPS) is 9.82. The zero-order chi connectivity index (χ0) is 8.91. The topological polar surface area (TPSA) is 26.3 Å². The van der Waals surface area contributed by atoms with Crippen molar-refractivity contribution in [2.45, 2.75) is 27.2 Å². The molecule has 0 unspecified atom stereocenters. The Morgan fingerprint density at radius 3 is 2.45 bits per heavy atom. The van der Waals surface area contributed by atoms with E-state index in [0.717, 1.165) is 0 Å². The van der Waals surface area contributed by atoms with Crippen LogP contribution in [-0.4, -0.2) is 13.1 Å². The number of hydrogen-bond donors (Lipinski definition) is 0. The fourth-order valence-electron chi connectivity index (χ4n) is 0.816. The molecule has 0 amide bonds. The molecule has 2 nitrogen and oxygen atoms in total. The van der Waals surface area contributed by atoms with Gasteiger partial charge in [-0.05, 0) is 20.8 Å². The Balaban J connectivity index is 4.08. The first-order valence-electron chi connectivity index (χ1n) is 3.52. The average molecular weight is 154 g/mol. The van der Waals surface area contributed by atoms with Crippen LogP contribution in [0.2, 0.25) is 0 Å². The zero-order valence-electron chi connectivity index (χ0n) is 7.52. The molecule has 0 aromatic rings. The van der Waals surface area contributed by atoms with Gasteiger partial charge in [0.2, 0.25) is 0 Å². The summed E-state index contributed by atoms with van der Waals surface area (Å²) >= 11 is 0. The largest absolute Gasteiger partial charge is 0.469 e. The van der Waals surface area contributed by atoms with E-state index < -0.39 is 0 Å². The minimum Gasteiger partial charge on any atom is -0.469 e. The first-order valence-corrected chi connectivity index (χ1v) is 3.52. The quantitative estimate of drug-likeness (QED) is 0.446. The highest BCUT2D eigenvalue weighted by molar-refractivity contribution is 5.70. The number of methoxy groups -OCH3 is 1. The van der Waals surface area contributed by atoms with Crippen LogP contribution in [-0.2, 0) is 9.53 Å². The zero-order valence-corrected chi connectivity index (χ0v) is 7.52. The Morgan fingerprint density at radius 2 is 2.09 bits per heavy atom. The number of rotatable bonds is 2. The number of ether oxygens (including phenoxy) is 1. The summed E-state index contributed by atoms with van der Waals surface area (Å²) in [5.74, 6) is 5.51. The van der Waals surface area contributed by atoms with Gasteiger partial charge in [0.25, 0.3) is 0 Å². The third-order valence-corrected chi connectivity index (χ3v) is 1.28. The number of carbonyl (C=O) groups is 1. The van der Waals surface area contributed by atoms with E-state index in [-0.39, 0.29) is 11.4 Å². The van der Waals surface area contributed by atoms with Gasteiger partial charge >= 0.3 is 5.97 Å². The van der Waals surface area contributed by atoms with Crippen LogP contribution in [0.4, 0.5) is 0 Å². The highest BCUT2D eigenvalue weighted by atomic mass is 16.5. The number of hydrogen-bond acceptors (Lipinski definition) is 2. The minimum absolute atomic E-state index is 0.210. The molecule has 0 aromatic carbocycles. The molecular weight excluding hydrogens is 140 g/mol. The van der Waals surface area contributed by atoms with Crippen LogP contribution < -0.4 is 0 Å². The van der Waals surface area contributed by atoms with Crippen molar-refractivity contribution in [3.8, 4) is 11.8 Å². The fourth-order valence-corrected chi connectivity index (χ4v) is 0.816. The van der Waals surface area contributed by atoms with E-state index in [9.17, 15) is 4.79 Å². The summed E-state index contributed by atoms with van der Waals surface area (Å²) in [6.07, 6.45) is 0.352. The van der Waals surface area contributed by atoms with Gasteiger partial charge < -0.3 is 4.74 Å². The van der Waals surface area contributed by atoms with Crippen molar-refractivity contribution in [1.82, 2.24) is 0 Å². The van der Waals surface area contributed by atoms with Crippen molar-refractivity contribution in [3.05, 3.63) is 0 Å². The molecule has 0 bridgehead atoms. The summed E-state index contributed by atoms with van der Waals surface area (Å²) in [4.78, 5) is 10.8. The molecule has 0 aliphatic carbocycles. The van der Waals surface area contributed by atoms with Gasteiger partial charge in [0, 0.05) is 5.41 Å². The molecule has 0 fully saturated rings. The SMILES string of the molecule is CC#CC(C)(C)CC(=O)OC. The van der Waals surface area contributed by atoms with Crippen molar-refractivity contribution in [2.24, 2.45) is 5.41 Å². The second-order valence-corrected chi connectivity index (χ2v) is 3.01. The lowest BCUT2D eigenvalue weighted by molar-refractivity contribution is -0.142. The molecule has 0 heterocycles. The summed E-state index contributed by atoms with van der Waals surface area (Å²) in [5.41, 5.74) is -0.262. The van der Waals surface area contributed by atoms with E-state index in [4.69, 9.17) is 0 Å². The van der Waals surface area contributed by atoms with Gasteiger partial charge in [-0.1, -0.05) is 5.92 Å². The lowest BCUT2D eigenvalue weighted by atomic mass is 9.90.